The highest BCUT2D eigenvalue weighted by atomic mass is 15.1. The molecule has 1 fully saturated rings. The van der Waals surface area contributed by atoms with Crippen molar-refractivity contribution in [3.63, 3.8) is 0 Å². The third-order valence-electron chi connectivity index (χ3n) is 5.26. The Labute approximate surface area is 173 Å². The van der Waals surface area contributed by atoms with Crippen LogP contribution in [-0.4, -0.2) is 4.98 Å². The zero-order valence-electron chi connectivity index (χ0n) is 16.7. The van der Waals surface area contributed by atoms with E-state index >= 15 is 0 Å². The van der Waals surface area contributed by atoms with E-state index in [0.717, 1.165) is 24.5 Å². The van der Waals surface area contributed by atoms with Crippen LogP contribution in [0.25, 0.3) is 6.08 Å². The fourth-order valence-electron chi connectivity index (χ4n) is 3.50. The maximum atomic E-state index is 4.26. The highest BCUT2D eigenvalue weighted by Crippen LogP contribution is 2.43. The van der Waals surface area contributed by atoms with Gasteiger partial charge in [-0.1, -0.05) is 55.6 Å². The largest absolute Gasteiger partial charge is 0.368 e. The van der Waals surface area contributed by atoms with Crippen LogP contribution in [0.2, 0.25) is 0 Å². The molecule has 1 aromatic heterocycles. The summed E-state index contributed by atoms with van der Waals surface area (Å²) in [5, 5.41) is 6.83. The molecule has 1 heterocycles. The normalized spacial score (nSPS) is 13.0. The van der Waals surface area contributed by atoms with Crippen LogP contribution in [0.5, 0.6) is 0 Å². The van der Waals surface area contributed by atoms with Crippen LogP contribution < -0.4 is 10.6 Å². The van der Waals surface area contributed by atoms with Gasteiger partial charge in [-0.05, 0) is 71.7 Å². The van der Waals surface area contributed by atoms with Crippen LogP contribution in [0.3, 0.4) is 0 Å². The van der Waals surface area contributed by atoms with E-state index in [-0.39, 0.29) is 0 Å². The van der Waals surface area contributed by atoms with Crippen LogP contribution in [0.15, 0.2) is 85.8 Å². The van der Waals surface area contributed by atoms with Gasteiger partial charge in [-0.2, -0.15) is 0 Å². The van der Waals surface area contributed by atoms with Gasteiger partial charge in [0.05, 0.1) is 11.5 Å². The fraction of sp³-hybridized carbons (Fsp3) is 0.192. The highest BCUT2D eigenvalue weighted by Gasteiger charge is 2.25. The topological polar surface area (TPSA) is 37.0 Å². The number of rotatable bonds is 9. The molecule has 0 aliphatic heterocycles. The molecule has 146 valence electrons. The standard InChI is InChI=1S/C26H27N3/c1-3-24-17-22(14-15-27-24)16-20-8-10-21(11-9-20)18-28-19(2)29-26-7-5-4-6-25(26)23-12-13-23/h3-11,14-15,17,23,28-29H,1-2,12-13,16,18H2. The first-order chi connectivity index (χ1) is 14.2. The molecule has 0 unspecified atom stereocenters. The van der Waals surface area contributed by atoms with Gasteiger partial charge in [0.15, 0.2) is 0 Å². The van der Waals surface area contributed by atoms with Crippen molar-refractivity contribution in [2.24, 2.45) is 0 Å². The van der Waals surface area contributed by atoms with E-state index < -0.39 is 0 Å². The minimum Gasteiger partial charge on any atom is -0.368 e. The van der Waals surface area contributed by atoms with Crippen LogP contribution in [-0.2, 0) is 13.0 Å². The van der Waals surface area contributed by atoms with Gasteiger partial charge in [-0.25, -0.2) is 0 Å². The molecule has 29 heavy (non-hydrogen) atoms. The van der Waals surface area contributed by atoms with Crippen molar-refractivity contribution < 1.29 is 0 Å². The van der Waals surface area contributed by atoms with Crippen LogP contribution in [0.1, 0.15) is 46.7 Å². The van der Waals surface area contributed by atoms with Crippen molar-refractivity contribution in [3.05, 3.63) is 114 Å². The van der Waals surface area contributed by atoms with E-state index in [0.29, 0.717) is 5.92 Å². The summed E-state index contributed by atoms with van der Waals surface area (Å²) in [4.78, 5) is 4.26. The molecule has 0 saturated heterocycles. The van der Waals surface area contributed by atoms with E-state index in [1.165, 1.54) is 40.8 Å². The van der Waals surface area contributed by atoms with E-state index in [9.17, 15) is 0 Å². The number of hydrogen-bond donors (Lipinski definition) is 2. The van der Waals surface area contributed by atoms with Gasteiger partial charge in [0, 0.05) is 18.4 Å². The number of aromatic nitrogens is 1. The maximum absolute atomic E-state index is 4.26. The Morgan fingerprint density at radius 1 is 1.00 bits per heavy atom. The number of nitrogens with zero attached hydrogens (tertiary/aromatic N) is 1. The van der Waals surface area contributed by atoms with Crippen molar-refractivity contribution in [2.45, 2.75) is 31.7 Å². The predicted molar refractivity (Wildman–Crippen MR) is 122 cm³/mol. The van der Waals surface area contributed by atoms with Crippen molar-refractivity contribution in [1.82, 2.24) is 10.3 Å². The van der Waals surface area contributed by atoms with E-state index in [2.05, 4.69) is 89.4 Å². The zero-order valence-corrected chi connectivity index (χ0v) is 16.7. The van der Waals surface area contributed by atoms with Crippen molar-refractivity contribution in [2.75, 3.05) is 5.32 Å². The molecule has 2 N–H and O–H groups in total. The highest BCUT2D eigenvalue weighted by molar-refractivity contribution is 5.56. The summed E-state index contributed by atoms with van der Waals surface area (Å²) < 4.78 is 0. The Morgan fingerprint density at radius 2 is 1.76 bits per heavy atom. The molecule has 4 rings (SSSR count). The lowest BCUT2D eigenvalue weighted by molar-refractivity contribution is 0.819. The lowest BCUT2D eigenvalue weighted by Gasteiger charge is -2.15. The number of hydrogen-bond acceptors (Lipinski definition) is 3. The molecular weight excluding hydrogens is 354 g/mol. The van der Waals surface area contributed by atoms with E-state index in [4.69, 9.17) is 0 Å². The minimum atomic E-state index is 0.710. The number of nitrogens with one attached hydrogen (secondary N) is 2. The number of para-hydroxylation sites is 1. The smallest absolute Gasteiger partial charge is 0.0959 e. The van der Waals surface area contributed by atoms with Crippen LogP contribution >= 0.6 is 0 Å². The Bertz CT molecular complexity index is 1000. The molecule has 3 aromatic rings. The van der Waals surface area contributed by atoms with Gasteiger partial charge in [-0.3, -0.25) is 4.98 Å². The summed E-state index contributed by atoms with van der Waals surface area (Å²) in [6.07, 6.45) is 7.09. The number of benzene rings is 2. The summed E-state index contributed by atoms with van der Waals surface area (Å²) in [5.41, 5.74) is 7.24. The first kappa shape index (κ1) is 19.0. The predicted octanol–water partition coefficient (Wildman–Crippen LogP) is 5.87. The van der Waals surface area contributed by atoms with Gasteiger partial charge in [0.2, 0.25) is 0 Å². The minimum absolute atomic E-state index is 0.710. The maximum Gasteiger partial charge on any atom is 0.0959 e. The van der Waals surface area contributed by atoms with E-state index in [1.54, 1.807) is 6.08 Å². The van der Waals surface area contributed by atoms with Gasteiger partial charge < -0.3 is 10.6 Å². The second kappa shape index (κ2) is 8.78. The average molecular weight is 382 g/mol. The average Bonchev–Trinajstić information content (AvgIpc) is 3.59. The Morgan fingerprint density at radius 3 is 2.52 bits per heavy atom. The molecule has 0 spiro atoms. The lowest BCUT2D eigenvalue weighted by Crippen LogP contribution is -2.18. The Balaban J connectivity index is 1.31. The molecule has 0 bridgehead atoms. The molecule has 1 aliphatic carbocycles. The summed E-state index contributed by atoms with van der Waals surface area (Å²) in [5.74, 6) is 1.54. The lowest BCUT2D eigenvalue weighted by atomic mass is 10.0. The SMILES string of the molecule is C=Cc1cc(Cc2ccc(CNC(=C)Nc3ccccc3C3CC3)cc2)ccn1. The van der Waals surface area contributed by atoms with Crippen molar-refractivity contribution in [1.29, 1.82) is 0 Å². The Hall–Kier alpha value is -3.33. The second-order valence-electron chi connectivity index (χ2n) is 7.60. The summed E-state index contributed by atoms with van der Waals surface area (Å²) in [7, 11) is 0. The van der Waals surface area contributed by atoms with Gasteiger partial charge in [-0.15, -0.1) is 0 Å². The molecular formula is C26H27N3. The molecule has 3 nitrogen and oxygen atoms in total. The molecule has 0 atom stereocenters. The molecule has 0 amide bonds. The van der Waals surface area contributed by atoms with Crippen molar-refractivity contribution >= 4 is 11.8 Å². The van der Waals surface area contributed by atoms with Gasteiger partial charge in [0.25, 0.3) is 0 Å². The van der Waals surface area contributed by atoms with E-state index in [1.807, 2.05) is 6.20 Å². The zero-order chi connectivity index (χ0) is 20.1. The van der Waals surface area contributed by atoms with Gasteiger partial charge >= 0.3 is 0 Å². The van der Waals surface area contributed by atoms with Crippen LogP contribution in [0, 0.1) is 0 Å². The Kier molecular flexibility index (Phi) is 5.76. The third-order valence-corrected chi connectivity index (χ3v) is 5.26. The monoisotopic (exact) mass is 381 g/mol. The van der Waals surface area contributed by atoms with Crippen molar-refractivity contribution in [3.8, 4) is 0 Å². The molecule has 1 saturated carbocycles. The number of anilines is 1. The third kappa shape index (κ3) is 5.14. The summed E-state index contributed by atoms with van der Waals surface area (Å²) >= 11 is 0. The summed E-state index contributed by atoms with van der Waals surface area (Å²) in [6.45, 7) is 8.67. The first-order valence-corrected chi connectivity index (χ1v) is 10.1. The molecule has 1 aliphatic rings. The molecule has 3 heteroatoms. The molecule has 0 radical (unpaired) electrons. The quantitative estimate of drug-likeness (QED) is 0.487. The van der Waals surface area contributed by atoms with Crippen LogP contribution in [0.4, 0.5) is 5.69 Å². The first-order valence-electron chi connectivity index (χ1n) is 10.1. The number of pyridine rings is 1. The van der Waals surface area contributed by atoms with Gasteiger partial charge in [0.1, 0.15) is 0 Å². The second-order valence-corrected chi connectivity index (χ2v) is 7.60. The molecule has 2 aromatic carbocycles. The fourth-order valence-corrected chi connectivity index (χ4v) is 3.50. The summed E-state index contributed by atoms with van der Waals surface area (Å²) in [6, 6.07) is 21.4.